The van der Waals surface area contributed by atoms with E-state index in [0.717, 1.165) is 4.57 Å². The van der Waals surface area contributed by atoms with Crippen molar-refractivity contribution in [1.82, 2.24) is 20.0 Å². The van der Waals surface area contributed by atoms with E-state index in [1.807, 2.05) is 0 Å². The number of sulfonamides is 1. The molecule has 13 heteroatoms. The third-order valence-corrected chi connectivity index (χ3v) is 5.34. The highest BCUT2D eigenvalue weighted by atomic mass is 79.9. The molecule has 0 amide bonds. The Kier molecular flexibility index (Phi) is 6.05. The monoisotopic (exact) mass is 475 g/mol. The van der Waals surface area contributed by atoms with Gasteiger partial charge in [0.1, 0.15) is 11.5 Å². The van der Waals surface area contributed by atoms with Gasteiger partial charge < -0.3 is 0 Å². The molecule has 3 rings (SSSR count). The van der Waals surface area contributed by atoms with Crippen LogP contribution in [0.5, 0.6) is 0 Å². The second-order valence-electron chi connectivity index (χ2n) is 5.94. The number of nitrogens with zero attached hydrogens (tertiary/aromatic N) is 4. The lowest BCUT2D eigenvalue weighted by Gasteiger charge is -2.04. The zero-order valence-corrected chi connectivity index (χ0v) is 16.7. The quantitative estimate of drug-likeness (QED) is 0.484. The van der Waals surface area contributed by atoms with Crippen molar-refractivity contribution in [2.75, 3.05) is 5.75 Å². The molecule has 3 aromatic rings. The first-order valence-electron chi connectivity index (χ1n) is 8.12. The van der Waals surface area contributed by atoms with Gasteiger partial charge in [0.25, 0.3) is 0 Å². The van der Waals surface area contributed by atoms with Crippen molar-refractivity contribution < 1.29 is 22.0 Å². The summed E-state index contributed by atoms with van der Waals surface area (Å²) in [6.45, 7) is 0. The van der Waals surface area contributed by atoms with Crippen molar-refractivity contribution in [2.24, 2.45) is 5.14 Å². The molecule has 150 valence electrons. The lowest BCUT2D eigenvalue weighted by Crippen LogP contribution is -2.16. The minimum absolute atomic E-state index is 0.0595. The SMILES string of the molecule is NS(=O)(=O)CCCCCc1nonc1-c1noc(=O)n1-c1ccc(F)c(Br)c1. The average molecular weight is 476 g/mol. The van der Waals surface area contributed by atoms with Crippen LogP contribution >= 0.6 is 15.9 Å². The number of halogens is 2. The van der Waals surface area contributed by atoms with Gasteiger partial charge in [0.2, 0.25) is 15.8 Å². The van der Waals surface area contributed by atoms with E-state index in [4.69, 9.17) is 14.3 Å². The lowest BCUT2D eigenvalue weighted by molar-refractivity contribution is 0.303. The summed E-state index contributed by atoms with van der Waals surface area (Å²) in [4.78, 5) is 12.1. The standard InChI is InChI=1S/C15H15BrFN5O5S/c16-10-8-9(5-6-11(10)17)22-14(21-26-15(22)23)13-12(19-27-20-13)4-2-1-3-7-28(18,24)25/h5-6,8H,1-4,7H2,(H2,18,24,25). The van der Waals surface area contributed by atoms with Crippen molar-refractivity contribution in [2.45, 2.75) is 25.7 Å². The predicted octanol–water partition coefficient (Wildman–Crippen LogP) is 1.78. The van der Waals surface area contributed by atoms with Crippen molar-refractivity contribution in [3.05, 3.63) is 44.7 Å². The Morgan fingerprint density at radius 1 is 1.18 bits per heavy atom. The van der Waals surface area contributed by atoms with Gasteiger partial charge in [-0.15, -0.1) is 0 Å². The molecule has 28 heavy (non-hydrogen) atoms. The summed E-state index contributed by atoms with van der Waals surface area (Å²) in [7, 11) is -3.49. The first kappa shape index (κ1) is 20.4. The van der Waals surface area contributed by atoms with Crippen LogP contribution in [-0.2, 0) is 16.4 Å². The van der Waals surface area contributed by atoms with E-state index >= 15 is 0 Å². The molecule has 0 unspecified atom stereocenters. The highest BCUT2D eigenvalue weighted by Crippen LogP contribution is 2.24. The molecular formula is C15H15BrFN5O5S. The van der Waals surface area contributed by atoms with Gasteiger partial charge in [-0.25, -0.2) is 31.9 Å². The molecule has 0 fully saturated rings. The van der Waals surface area contributed by atoms with Gasteiger partial charge in [-0.05, 0) is 58.5 Å². The maximum Gasteiger partial charge on any atom is 0.446 e. The van der Waals surface area contributed by atoms with Crippen LogP contribution in [0, 0.1) is 5.82 Å². The number of hydrogen-bond acceptors (Lipinski definition) is 8. The Balaban J connectivity index is 1.81. The van der Waals surface area contributed by atoms with Crippen LogP contribution in [0.2, 0.25) is 0 Å². The van der Waals surface area contributed by atoms with Crippen molar-refractivity contribution in [3.8, 4) is 17.2 Å². The number of primary sulfonamides is 1. The molecule has 0 saturated carbocycles. The largest absolute Gasteiger partial charge is 0.446 e. The van der Waals surface area contributed by atoms with Gasteiger partial charge in [-0.3, -0.25) is 4.52 Å². The first-order chi connectivity index (χ1) is 13.3. The molecule has 0 radical (unpaired) electrons. The maximum atomic E-state index is 13.5. The predicted molar refractivity (Wildman–Crippen MR) is 98.6 cm³/mol. The van der Waals surface area contributed by atoms with Crippen molar-refractivity contribution >= 4 is 26.0 Å². The minimum Gasteiger partial charge on any atom is -0.295 e. The summed E-state index contributed by atoms with van der Waals surface area (Å²) in [5.74, 6) is -1.31. The van der Waals surface area contributed by atoms with Crippen LogP contribution in [-0.4, -0.2) is 34.2 Å². The van der Waals surface area contributed by atoms with Crippen LogP contribution < -0.4 is 10.9 Å². The Hall–Kier alpha value is -2.38. The van der Waals surface area contributed by atoms with Gasteiger partial charge in [0.15, 0.2) is 5.69 Å². The first-order valence-corrected chi connectivity index (χ1v) is 10.6. The van der Waals surface area contributed by atoms with Gasteiger partial charge in [-0.2, -0.15) is 0 Å². The molecule has 10 nitrogen and oxygen atoms in total. The number of aromatic nitrogens is 4. The van der Waals surface area contributed by atoms with Gasteiger partial charge in [0.05, 0.1) is 15.9 Å². The lowest BCUT2D eigenvalue weighted by atomic mass is 10.1. The smallest absolute Gasteiger partial charge is 0.295 e. The highest BCUT2D eigenvalue weighted by molar-refractivity contribution is 9.10. The van der Waals surface area contributed by atoms with E-state index in [-0.39, 0.29) is 21.7 Å². The van der Waals surface area contributed by atoms with E-state index in [2.05, 4.69) is 31.4 Å². The fourth-order valence-electron chi connectivity index (χ4n) is 2.56. The second kappa shape index (κ2) is 8.32. The molecule has 0 saturated heterocycles. The number of aryl methyl sites for hydroxylation is 1. The summed E-state index contributed by atoms with van der Waals surface area (Å²) in [6.07, 6.45) is 2.02. The van der Waals surface area contributed by atoms with Gasteiger partial charge in [-0.1, -0.05) is 16.7 Å². The van der Waals surface area contributed by atoms with Crippen molar-refractivity contribution in [1.29, 1.82) is 0 Å². The Bertz CT molecular complexity index is 1140. The molecule has 0 aliphatic heterocycles. The maximum absolute atomic E-state index is 13.5. The number of benzene rings is 1. The molecule has 0 atom stereocenters. The van der Waals surface area contributed by atoms with E-state index in [0.29, 0.717) is 37.1 Å². The molecule has 2 N–H and O–H groups in total. The molecule has 1 aromatic carbocycles. The summed E-state index contributed by atoms with van der Waals surface area (Å²) in [5, 5.41) is 16.3. The highest BCUT2D eigenvalue weighted by Gasteiger charge is 2.22. The zero-order valence-electron chi connectivity index (χ0n) is 14.3. The number of unbranched alkanes of at least 4 members (excludes halogenated alkanes) is 2. The molecular weight excluding hydrogens is 461 g/mol. The molecule has 0 aliphatic rings. The summed E-state index contributed by atoms with van der Waals surface area (Å²) in [6, 6.07) is 3.98. The molecule has 0 bridgehead atoms. The van der Waals surface area contributed by atoms with Crippen LogP contribution in [0.4, 0.5) is 4.39 Å². The van der Waals surface area contributed by atoms with Crippen LogP contribution in [0.25, 0.3) is 17.2 Å². The van der Waals surface area contributed by atoms with Crippen molar-refractivity contribution in [3.63, 3.8) is 0 Å². The average Bonchev–Trinajstić information content (AvgIpc) is 3.22. The van der Waals surface area contributed by atoms with E-state index in [9.17, 15) is 17.6 Å². The Morgan fingerprint density at radius 3 is 2.68 bits per heavy atom. The topological polar surface area (TPSA) is 147 Å². The number of nitrogens with two attached hydrogens (primary N) is 1. The van der Waals surface area contributed by atoms with Crippen LogP contribution in [0.15, 0.2) is 36.6 Å². The summed E-state index contributed by atoms with van der Waals surface area (Å²) >= 11 is 3.07. The van der Waals surface area contributed by atoms with Gasteiger partial charge >= 0.3 is 5.76 Å². The number of hydrogen-bond donors (Lipinski definition) is 1. The van der Waals surface area contributed by atoms with E-state index in [1.165, 1.54) is 18.2 Å². The van der Waals surface area contributed by atoms with Crippen LogP contribution in [0.3, 0.4) is 0 Å². The molecule has 2 aromatic heterocycles. The Labute approximate surface area is 166 Å². The molecule has 0 spiro atoms. The molecule has 2 heterocycles. The summed E-state index contributed by atoms with van der Waals surface area (Å²) in [5.41, 5.74) is 0.952. The van der Waals surface area contributed by atoms with E-state index in [1.54, 1.807) is 0 Å². The summed E-state index contributed by atoms with van der Waals surface area (Å²) < 4.78 is 46.2. The zero-order chi connectivity index (χ0) is 20.3. The fourth-order valence-corrected chi connectivity index (χ4v) is 3.54. The van der Waals surface area contributed by atoms with E-state index < -0.39 is 21.6 Å². The normalized spacial score (nSPS) is 11.8. The fraction of sp³-hybridized carbons (Fsp3) is 0.333. The minimum atomic E-state index is -3.49. The molecule has 0 aliphatic carbocycles. The third kappa shape index (κ3) is 4.72. The van der Waals surface area contributed by atoms with Gasteiger partial charge in [0, 0.05) is 0 Å². The second-order valence-corrected chi connectivity index (χ2v) is 8.53. The Morgan fingerprint density at radius 2 is 1.96 bits per heavy atom. The van der Waals surface area contributed by atoms with Crippen LogP contribution in [0.1, 0.15) is 25.0 Å². The third-order valence-electron chi connectivity index (χ3n) is 3.88. The number of rotatable bonds is 8.